The van der Waals surface area contributed by atoms with Crippen LogP contribution in [0.25, 0.3) is 0 Å². The number of hydrogen-bond acceptors (Lipinski definition) is 4. The minimum absolute atomic E-state index is 0.174. The van der Waals surface area contributed by atoms with Crippen LogP contribution in [0.4, 0.5) is 5.82 Å². The first-order valence-corrected chi connectivity index (χ1v) is 7.25. The fraction of sp³-hybridized carbons (Fsp3) is 0.733. The fourth-order valence-electron chi connectivity index (χ4n) is 2.06. The molecule has 108 valence electrons. The predicted octanol–water partition coefficient (Wildman–Crippen LogP) is 3.59. The number of anilines is 1. The summed E-state index contributed by atoms with van der Waals surface area (Å²) in [5.74, 6) is 3.06. The van der Waals surface area contributed by atoms with Gasteiger partial charge >= 0.3 is 0 Å². The fourth-order valence-corrected chi connectivity index (χ4v) is 2.06. The van der Waals surface area contributed by atoms with Crippen LogP contribution < -0.4 is 10.1 Å². The van der Waals surface area contributed by atoms with Crippen molar-refractivity contribution < 1.29 is 4.74 Å². The molecule has 0 fully saturated rings. The zero-order chi connectivity index (χ0) is 14.4. The summed E-state index contributed by atoms with van der Waals surface area (Å²) >= 11 is 0. The lowest BCUT2D eigenvalue weighted by Gasteiger charge is -2.19. The first-order valence-electron chi connectivity index (χ1n) is 7.25. The normalized spacial score (nSPS) is 12.6. The summed E-state index contributed by atoms with van der Waals surface area (Å²) in [6.45, 7) is 13.5. The van der Waals surface area contributed by atoms with Crippen LogP contribution >= 0.6 is 0 Å². The lowest BCUT2D eigenvalue weighted by Crippen LogP contribution is -2.17. The van der Waals surface area contributed by atoms with E-state index < -0.39 is 0 Å². The second-order valence-corrected chi connectivity index (χ2v) is 5.36. The van der Waals surface area contributed by atoms with Gasteiger partial charge < -0.3 is 10.1 Å². The highest BCUT2D eigenvalue weighted by Crippen LogP contribution is 2.24. The number of hydrogen-bond donors (Lipinski definition) is 1. The maximum Gasteiger partial charge on any atom is 0.222 e. The molecule has 0 saturated heterocycles. The van der Waals surface area contributed by atoms with Crippen molar-refractivity contribution in [1.29, 1.82) is 0 Å². The SMILES string of the molecule is CCNc1nc(CC)nc(OC(C)CC(C)C)c1C. The summed E-state index contributed by atoms with van der Waals surface area (Å²) in [5, 5.41) is 3.27. The molecule has 0 aromatic carbocycles. The van der Waals surface area contributed by atoms with Crippen LogP contribution in [0.5, 0.6) is 5.88 Å². The smallest absolute Gasteiger partial charge is 0.222 e. The summed E-state index contributed by atoms with van der Waals surface area (Å²) in [7, 11) is 0. The lowest BCUT2D eigenvalue weighted by atomic mass is 10.1. The molecule has 0 amide bonds. The third kappa shape index (κ3) is 4.69. The van der Waals surface area contributed by atoms with Crippen molar-refractivity contribution >= 4 is 5.82 Å². The van der Waals surface area contributed by atoms with E-state index in [-0.39, 0.29) is 6.10 Å². The topological polar surface area (TPSA) is 47.0 Å². The van der Waals surface area contributed by atoms with Gasteiger partial charge in [0, 0.05) is 13.0 Å². The number of nitrogens with zero attached hydrogens (tertiary/aromatic N) is 2. The van der Waals surface area contributed by atoms with Crippen LogP contribution in [-0.2, 0) is 6.42 Å². The second-order valence-electron chi connectivity index (χ2n) is 5.36. The van der Waals surface area contributed by atoms with Crippen molar-refractivity contribution in [2.24, 2.45) is 5.92 Å². The number of aryl methyl sites for hydroxylation is 1. The summed E-state index contributed by atoms with van der Waals surface area (Å²) in [5.41, 5.74) is 0.995. The van der Waals surface area contributed by atoms with Gasteiger partial charge in [-0.1, -0.05) is 20.8 Å². The van der Waals surface area contributed by atoms with Crippen LogP contribution in [-0.4, -0.2) is 22.6 Å². The highest BCUT2D eigenvalue weighted by Gasteiger charge is 2.14. The van der Waals surface area contributed by atoms with E-state index in [2.05, 4.69) is 49.9 Å². The number of ether oxygens (including phenoxy) is 1. The molecule has 0 spiro atoms. The Morgan fingerprint density at radius 2 is 1.84 bits per heavy atom. The average Bonchev–Trinajstić information content (AvgIpc) is 2.33. The number of nitrogens with one attached hydrogen (secondary N) is 1. The van der Waals surface area contributed by atoms with Crippen LogP contribution in [0.15, 0.2) is 0 Å². The van der Waals surface area contributed by atoms with Crippen LogP contribution in [0.1, 0.15) is 52.4 Å². The van der Waals surface area contributed by atoms with Gasteiger partial charge in [0.05, 0.1) is 11.7 Å². The molecule has 0 bridgehead atoms. The van der Waals surface area contributed by atoms with E-state index in [0.717, 1.165) is 42.5 Å². The van der Waals surface area contributed by atoms with Crippen molar-refractivity contribution in [3.05, 3.63) is 11.4 Å². The lowest BCUT2D eigenvalue weighted by molar-refractivity contribution is 0.183. The molecule has 0 saturated carbocycles. The van der Waals surface area contributed by atoms with E-state index in [1.807, 2.05) is 6.92 Å². The first kappa shape index (κ1) is 15.7. The molecule has 1 unspecified atom stereocenters. The average molecular weight is 265 g/mol. The molecule has 0 radical (unpaired) electrons. The molecule has 4 nitrogen and oxygen atoms in total. The van der Waals surface area contributed by atoms with Gasteiger partial charge in [0.15, 0.2) is 0 Å². The Hall–Kier alpha value is -1.32. The molecule has 1 heterocycles. The van der Waals surface area contributed by atoms with E-state index >= 15 is 0 Å². The summed E-state index contributed by atoms with van der Waals surface area (Å²) in [4.78, 5) is 9.01. The monoisotopic (exact) mass is 265 g/mol. The quantitative estimate of drug-likeness (QED) is 0.818. The minimum Gasteiger partial charge on any atom is -0.474 e. The Balaban J connectivity index is 2.94. The highest BCUT2D eigenvalue weighted by molar-refractivity contribution is 5.48. The van der Waals surface area contributed by atoms with Gasteiger partial charge in [-0.2, -0.15) is 4.98 Å². The van der Waals surface area contributed by atoms with Crippen molar-refractivity contribution in [3.63, 3.8) is 0 Å². The highest BCUT2D eigenvalue weighted by atomic mass is 16.5. The zero-order valence-corrected chi connectivity index (χ0v) is 13.1. The zero-order valence-electron chi connectivity index (χ0n) is 13.1. The number of rotatable bonds is 7. The molecule has 0 aliphatic heterocycles. The molecular formula is C15H27N3O. The van der Waals surface area contributed by atoms with Gasteiger partial charge in [-0.25, -0.2) is 4.98 Å². The van der Waals surface area contributed by atoms with Crippen LogP contribution in [0.2, 0.25) is 0 Å². The van der Waals surface area contributed by atoms with Crippen molar-refractivity contribution in [2.75, 3.05) is 11.9 Å². The summed E-state index contributed by atoms with van der Waals surface area (Å²) < 4.78 is 5.99. The van der Waals surface area contributed by atoms with E-state index in [1.54, 1.807) is 0 Å². The Morgan fingerprint density at radius 1 is 1.16 bits per heavy atom. The third-order valence-corrected chi connectivity index (χ3v) is 2.92. The van der Waals surface area contributed by atoms with Crippen molar-refractivity contribution in [3.8, 4) is 5.88 Å². The van der Waals surface area contributed by atoms with E-state index in [1.165, 1.54) is 0 Å². The molecule has 1 rings (SSSR count). The van der Waals surface area contributed by atoms with Crippen LogP contribution in [0, 0.1) is 12.8 Å². The molecule has 0 aliphatic carbocycles. The Bertz CT molecular complexity index is 405. The largest absolute Gasteiger partial charge is 0.474 e. The van der Waals surface area contributed by atoms with Gasteiger partial charge in [-0.3, -0.25) is 0 Å². The molecule has 0 aliphatic rings. The van der Waals surface area contributed by atoms with Gasteiger partial charge in [-0.05, 0) is 33.1 Å². The molecule has 4 heteroatoms. The molecule has 1 N–H and O–H groups in total. The molecule has 1 aromatic heterocycles. The maximum absolute atomic E-state index is 5.99. The Kier molecular flexibility index (Phi) is 6.06. The molecule has 19 heavy (non-hydrogen) atoms. The minimum atomic E-state index is 0.174. The third-order valence-electron chi connectivity index (χ3n) is 2.92. The summed E-state index contributed by atoms with van der Waals surface area (Å²) in [6, 6.07) is 0. The van der Waals surface area contributed by atoms with Crippen LogP contribution in [0.3, 0.4) is 0 Å². The van der Waals surface area contributed by atoms with Crippen molar-refractivity contribution in [1.82, 2.24) is 9.97 Å². The maximum atomic E-state index is 5.99. The molecule has 1 atom stereocenters. The molecular weight excluding hydrogens is 238 g/mol. The van der Waals surface area contributed by atoms with E-state index in [4.69, 9.17) is 4.74 Å². The van der Waals surface area contributed by atoms with Gasteiger partial charge in [0.2, 0.25) is 5.88 Å². The van der Waals surface area contributed by atoms with E-state index in [9.17, 15) is 0 Å². The van der Waals surface area contributed by atoms with Crippen molar-refractivity contribution in [2.45, 2.75) is 60.5 Å². The predicted molar refractivity (Wildman–Crippen MR) is 79.9 cm³/mol. The second kappa shape index (κ2) is 7.31. The number of aromatic nitrogens is 2. The van der Waals surface area contributed by atoms with Gasteiger partial charge in [-0.15, -0.1) is 0 Å². The standard InChI is InChI=1S/C15H27N3O/c1-7-13-17-14(16-8-2)12(6)15(18-13)19-11(5)9-10(3)4/h10-11H,7-9H2,1-6H3,(H,16,17,18). The van der Waals surface area contributed by atoms with Gasteiger partial charge in [0.25, 0.3) is 0 Å². The van der Waals surface area contributed by atoms with Gasteiger partial charge in [0.1, 0.15) is 11.6 Å². The first-order chi connectivity index (χ1) is 8.97. The Morgan fingerprint density at radius 3 is 2.37 bits per heavy atom. The van der Waals surface area contributed by atoms with E-state index in [0.29, 0.717) is 5.92 Å². The Labute approximate surface area is 117 Å². The molecule has 1 aromatic rings. The summed E-state index contributed by atoms with van der Waals surface area (Å²) in [6.07, 6.45) is 2.02.